The molecule has 0 atom stereocenters. The Morgan fingerprint density at radius 1 is 1.15 bits per heavy atom. The first kappa shape index (κ1) is 15.2. The van der Waals surface area contributed by atoms with E-state index in [1.807, 2.05) is 0 Å². The van der Waals surface area contributed by atoms with Gasteiger partial charge in [0.1, 0.15) is 18.2 Å². The fraction of sp³-hybridized carbons (Fsp3) is 0.133. The van der Waals surface area contributed by atoms with Crippen molar-refractivity contribution < 1.29 is 13.9 Å². The van der Waals surface area contributed by atoms with Crippen LogP contribution in [0.2, 0.25) is 0 Å². The van der Waals surface area contributed by atoms with Gasteiger partial charge in [0, 0.05) is 8.95 Å². The van der Waals surface area contributed by atoms with E-state index >= 15 is 0 Å². The molecule has 0 saturated carbocycles. The Bertz CT molecular complexity index is 636. The second kappa shape index (κ2) is 6.50. The Morgan fingerprint density at radius 2 is 1.90 bits per heavy atom. The summed E-state index contributed by atoms with van der Waals surface area (Å²) in [5.74, 6) is 0.0726. The van der Waals surface area contributed by atoms with E-state index in [0.29, 0.717) is 21.3 Å². The molecule has 20 heavy (non-hydrogen) atoms. The minimum atomic E-state index is -0.333. The van der Waals surface area contributed by atoms with Gasteiger partial charge in [-0.2, -0.15) is 0 Å². The van der Waals surface area contributed by atoms with Crippen molar-refractivity contribution in [2.75, 3.05) is 0 Å². The van der Waals surface area contributed by atoms with Crippen molar-refractivity contribution in [2.45, 2.75) is 13.5 Å². The normalized spacial score (nSPS) is 10.4. The fourth-order valence-corrected chi connectivity index (χ4v) is 2.63. The van der Waals surface area contributed by atoms with Crippen molar-refractivity contribution >= 4 is 37.6 Å². The van der Waals surface area contributed by atoms with E-state index in [2.05, 4.69) is 31.9 Å². The highest BCUT2D eigenvalue weighted by Crippen LogP contribution is 2.25. The second-order valence-electron chi connectivity index (χ2n) is 4.26. The van der Waals surface area contributed by atoms with Gasteiger partial charge in [0.2, 0.25) is 0 Å². The van der Waals surface area contributed by atoms with Gasteiger partial charge in [-0.1, -0.05) is 31.9 Å². The van der Waals surface area contributed by atoms with Crippen LogP contribution in [0.5, 0.6) is 5.75 Å². The zero-order valence-electron chi connectivity index (χ0n) is 10.6. The first-order chi connectivity index (χ1) is 9.45. The molecule has 0 saturated heterocycles. The average molecular weight is 402 g/mol. The van der Waals surface area contributed by atoms with Gasteiger partial charge in [-0.15, -0.1) is 0 Å². The summed E-state index contributed by atoms with van der Waals surface area (Å²) in [5, 5.41) is 0. The van der Waals surface area contributed by atoms with Gasteiger partial charge >= 0.3 is 0 Å². The Labute approximate surface area is 133 Å². The Hall–Kier alpha value is -1.20. The molecule has 0 aromatic heterocycles. The van der Waals surface area contributed by atoms with Crippen LogP contribution in [0.3, 0.4) is 0 Å². The summed E-state index contributed by atoms with van der Waals surface area (Å²) in [6.45, 7) is 1.67. The summed E-state index contributed by atoms with van der Waals surface area (Å²) >= 11 is 6.55. The lowest BCUT2D eigenvalue weighted by Crippen LogP contribution is -2.02. The van der Waals surface area contributed by atoms with Gasteiger partial charge < -0.3 is 4.74 Å². The van der Waals surface area contributed by atoms with E-state index in [1.165, 1.54) is 19.1 Å². The van der Waals surface area contributed by atoms with E-state index in [1.54, 1.807) is 24.3 Å². The van der Waals surface area contributed by atoms with E-state index in [9.17, 15) is 9.18 Å². The van der Waals surface area contributed by atoms with Crippen molar-refractivity contribution in [1.82, 2.24) is 0 Å². The molecule has 0 radical (unpaired) electrons. The van der Waals surface area contributed by atoms with E-state index in [4.69, 9.17) is 4.74 Å². The number of carbonyl (C=O) groups excluding carboxylic acids is 1. The highest BCUT2D eigenvalue weighted by molar-refractivity contribution is 9.10. The predicted octanol–water partition coefficient (Wildman–Crippen LogP) is 5.13. The number of benzene rings is 2. The summed E-state index contributed by atoms with van der Waals surface area (Å²) < 4.78 is 20.3. The Kier molecular flexibility index (Phi) is 4.94. The van der Waals surface area contributed by atoms with Crippen LogP contribution in [0.15, 0.2) is 45.3 Å². The maximum absolute atomic E-state index is 13.3. The van der Waals surface area contributed by atoms with Gasteiger partial charge in [0.15, 0.2) is 5.78 Å². The molecule has 104 valence electrons. The quantitative estimate of drug-likeness (QED) is 0.663. The Balaban J connectivity index is 2.20. The molecule has 0 N–H and O–H groups in total. The van der Waals surface area contributed by atoms with Crippen LogP contribution < -0.4 is 4.74 Å². The highest BCUT2D eigenvalue weighted by Gasteiger charge is 2.10. The molecule has 0 bridgehead atoms. The topological polar surface area (TPSA) is 26.3 Å². The van der Waals surface area contributed by atoms with Gasteiger partial charge in [-0.3, -0.25) is 4.79 Å². The van der Waals surface area contributed by atoms with Crippen molar-refractivity contribution in [1.29, 1.82) is 0 Å². The van der Waals surface area contributed by atoms with Crippen LogP contribution >= 0.6 is 31.9 Å². The summed E-state index contributed by atoms with van der Waals surface area (Å²) in [6, 6.07) is 9.77. The zero-order chi connectivity index (χ0) is 14.7. The van der Waals surface area contributed by atoms with Crippen LogP contribution in [0.1, 0.15) is 22.8 Å². The maximum Gasteiger partial charge on any atom is 0.163 e. The maximum atomic E-state index is 13.3. The number of ether oxygens (including phenoxy) is 1. The number of carbonyl (C=O) groups is 1. The van der Waals surface area contributed by atoms with Crippen molar-refractivity contribution in [2.24, 2.45) is 0 Å². The molecule has 0 spiro atoms. The van der Waals surface area contributed by atoms with Crippen molar-refractivity contribution in [3.05, 3.63) is 62.3 Å². The SMILES string of the molecule is CC(=O)c1cc(Br)ccc1OCc1cc(F)cc(Br)c1. The molecule has 2 rings (SSSR count). The van der Waals surface area contributed by atoms with E-state index < -0.39 is 0 Å². The number of Topliss-reactive ketones (excluding diaryl/α,β-unsaturated/α-hetero) is 1. The van der Waals surface area contributed by atoms with E-state index in [-0.39, 0.29) is 18.2 Å². The van der Waals surface area contributed by atoms with Crippen LogP contribution in [-0.2, 0) is 6.61 Å². The van der Waals surface area contributed by atoms with Crippen LogP contribution in [0.4, 0.5) is 4.39 Å². The fourth-order valence-electron chi connectivity index (χ4n) is 1.76. The molecule has 0 fully saturated rings. The molecular formula is C15H11Br2FO2. The van der Waals surface area contributed by atoms with Gasteiger partial charge in [0.25, 0.3) is 0 Å². The lowest BCUT2D eigenvalue weighted by molar-refractivity contribution is 0.101. The minimum absolute atomic E-state index is 0.0817. The number of rotatable bonds is 4. The minimum Gasteiger partial charge on any atom is -0.488 e. The first-order valence-corrected chi connectivity index (χ1v) is 7.42. The molecular weight excluding hydrogens is 391 g/mol. The van der Waals surface area contributed by atoms with E-state index in [0.717, 1.165) is 4.47 Å². The molecule has 0 aliphatic carbocycles. The third-order valence-electron chi connectivity index (χ3n) is 2.64. The molecule has 0 unspecified atom stereocenters. The number of ketones is 1. The first-order valence-electron chi connectivity index (χ1n) is 5.84. The summed E-state index contributed by atoms with van der Waals surface area (Å²) in [6.07, 6.45) is 0. The number of hydrogen-bond donors (Lipinski definition) is 0. The zero-order valence-corrected chi connectivity index (χ0v) is 13.8. The van der Waals surface area contributed by atoms with Crippen molar-refractivity contribution in [3.63, 3.8) is 0 Å². The van der Waals surface area contributed by atoms with Crippen LogP contribution in [-0.4, -0.2) is 5.78 Å². The summed E-state index contributed by atoms with van der Waals surface area (Å²) in [4.78, 5) is 11.6. The van der Waals surface area contributed by atoms with Crippen molar-refractivity contribution in [3.8, 4) is 5.75 Å². The molecule has 2 aromatic rings. The predicted molar refractivity (Wildman–Crippen MR) is 82.6 cm³/mol. The largest absolute Gasteiger partial charge is 0.488 e. The highest BCUT2D eigenvalue weighted by atomic mass is 79.9. The third kappa shape index (κ3) is 3.90. The lowest BCUT2D eigenvalue weighted by Gasteiger charge is -2.10. The molecule has 2 aromatic carbocycles. The number of halogens is 3. The monoisotopic (exact) mass is 400 g/mol. The number of hydrogen-bond acceptors (Lipinski definition) is 2. The summed E-state index contributed by atoms with van der Waals surface area (Å²) in [5.41, 5.74) is 1.18. The van der Waals surface area contributed by atoms with Gasteiger partial charge in [-0.25, -0.2) is 4.39 Å². The molecule has 0 heterocycles. The molecule has 5 heteroatoms. The Morgan fingerprint density at radius 3 is 2.55 bits per heavy atom. The molecule has 2 nitrogen and oxygen atoms in total. The summed E-state index contributed by atoms with van der Waals surface area (Å²) in [7, 11) is 0. The molecule has 0 aliphatic rings. The lowest BCUT2D eigenvalue weighted by atomic mass is 10.1. The van der Waals surface area contributed by atoms with Gasteiger partial charge in [0.05, 0.1) is 5.56 Å². The van der Waals surface area contributed by atoms with Crippen LogP contribution in [0.25, 0.3) is 0 Å². The average Bonchev–Trinajstić information content (AvgIpc) is 2.36. The second-order valence-corrected chi connectivity index (χ2v) is 6.09. The molecule has 0 amide bonds. The standard InChI is InChI=1S/C15H11Br2FO2/c1-9(19)14-7-11(16)2-3-15(14)20-8-10-4-12(17)6-13(18)5-10/h2-7H,8H2,1H3. The third-order valence-corrected chi connectivity index (χ3v) is 3.59. The van der Waals surface area contributed by atoms with Crippen LogP contribution in [0, 0.1) is 5.82 Å². The smallest absolute Gasteiger partial charge is 0.163 e. The molecule has 0 aliphatic heterocycles. The van der Waals surface area contributed by atoms with Gasteiger partial charge in [-0.05, 0) is 48.9 Å².